The third kappa shape index (κ3) is 3.93. The standard InChI is InChI=1S/C19H18FNO3/c1-13(4-9-16-3-2-12-23-16)21-19(22)18-11-10-17(24-18)14-5-7-15(20)8-6-14/h2-3,5-8,10-13H,4,9H2,1H3,(H,21,22). The Balaban J connectivity index is 1.58. The van der Waals surface area contributed by atoms with Crippen LogP contribution >= 0.6 is 0 Å². The third-order valence-corrected chi connectivity index (χ3v) is 3.74. The SMILES string of the molecule is CC(CCc1ccco1)NC(=O)c1ccc(-c2ccc(F)cc2)o1. The van der Waals surface area contributed by atoms with Crippen molar-refractivity contribution in [2.24, 2.45) is 0 Å². The first-order valence-electron chi connectivity index (χ1n) is 7.81. The van der Waals surface area contributed by atoms with Crippen molar-refractivity contribution in [1.82, 2.24) is 5.32 Å². The largest absolute Gasteiger partial charge is 0.469 e. The lowest BCUT2D eigenvalue weighted by Gasteiger charge is -2.11. The molecule has 5 heteroatoms. The molecule has 1 atom stereocenters. The topological polar surface area (TPSA) is 55.4 Å². The molecule has 0 bridgehead atoms. The predicted molar refractivity (Wildman–Crippen MR) is 88.1 cm³/mol. The number of carbonyl (C=O) groups is 1. The fourth-order valence-corrected chi connectivity index (χ4v) is 2.41. The van der Waals surface area contributed by atoms with Crippen LogP contribution in [0, 0.1) is 5.82 Å². The molecule has 1 N–H and O–H groups in total. The lowest BCUT2D eigenvalue weighted by atomic mass is 10.1. The highest BCUT2D eigenvalue weighted by atomic mass is 19.1. The van der Waals surface area contributed by atoms with Crippen LogP contribution in [0.5, 0.6) is 0 Å². The van der Waals surface area contributed by atoms with E-state index in [-0.39, 0.29) is 23.5 Å². The summed E-state index contributed by atoms with van der Waals surface area (Å²) >= 11 is 0. The molecule has 2 heterocycles. The Kier molecular flexibility index (Phi) is 4.79. The summed E-state index contributed by atoms with van der Waals surface area (Å²) in [5, 5.41) is 2.90. The van der Waals surface area contributed by atoms with Crippen molar-refractivity contribution in [1.29, 1.82) is 0 Å². The van der Waals surface area contributed by atoms with Gasteiger partial charge in [0.2, 0.25) is 0 Å². The molecule has 124 valence electrons. The fourth-order valence-electron chi connectivity index (χ4n) is 2.41. The average Bonchev–Trinajstić information content (AvgIpc) is 3.25. The first-order chi connectivity index (χ1) is 11.6. The van der Waals surface area contributed by atoms with Gasteiger partial charge in [-0.2, -0.15) is 0 Å². The van der Waals surface area contributed by atoms with Crippen LogP contribution in [-0.4, -0.2) is 11.9 Å². The maximum atomic E-state index is 13.0. The van der Waals surface area contributed by atoms with Crippen LogP contribution in [0.4, 0.5) is 4.39 Å². The number of nitrogens with one attached hydrogen (secondary N) is 1. The van der Waals surface area contributed by atoms with E-state index in [0.29, 0.717) is 5.76 Å². The average molecular weight is 327 g/mol. The van der Waals surface area contributed by atoms with Gasteiger partial charge in [0.1, 0.15) is 17.3 Å². The summed E-state index contributed by atoms with van der Waals surface area (Å²) < 4.78 is 23.8. The van der Waals surface area contributed by atoms with E-state index >= 15 is 0 Å². The number of hydrogen-bond donors (Lipinski definition) is 1. The minimum atomic E-state index is -0.311. The molecule has 0 fully saturated rings. The molecule has 0 saturated heterocycles. The van der Waals surface area contributed by atoms with Crippen molar-refractivity contribution in [3.05, 3.63) is 72.1 Å². The zero-order valence-electron chi connectivity index (χ0n) is 13.3. The van der Waals surface area contributed by atoms with Gasteiger partial charge in [0.25, 0.3) is 5.91 Å². The third-order valence-electron chi connectivity index (χ3n) is 3.74. The Morgan fingerprint density at radius 3 is 2.67 bits per heavy atom. The van der Waals surface area contributed by atoms with Gasteiger partial charge in [0.05, 0.1) is 6.26 Å². The van der Waals surface area contributed by atoms with Crippen molar-refractivity contribution < 1.29 is 18.0 Å². The monoisotopic (exact) mass is 327 g/mol. The Morgan fingerprint density at radius 1 is 1.17 bits per heavy atom. The van der Waals surface area contributed by atoms with Crippen LogP contribution in [-0.2, 0) is 6.42 Å². The van der Waals surface area contributed by atoms with Crippen LogP contribution in [0.2, 0.25) is 0 Å². The minimum Gasteiger partial charge on any atom is -0.469 e. The molecule has 1 unspecified atom stereocenters. The van der Waals surface area contributed by atoms with Crippen LogP contribution in [0.25, 0.3) is 11.3 Å². The summed E-state index contributed by atoms with van der Waals surface area (Å²) in [6.45, 7) is 1.94. The smallest absolute Gasteiger partial charge is 0.287 e. The molecule has 2 aromatic heterocycles. The molecular formula is C19H18FNO3. The van der Waals surface area contributed by atoms with Gasteiger partial charge in [-0.3, -0.25) is 4.79 Å². The van der Waals surface area contributed by atoms with Gasteiger partial charge in [-0.05, 0) is 61.9 Å². The van der Waals surface area contributed by atoms with Crippen molar-refractivity contribution in [2.45, 2.75) is 25.8 Å². The van der Waals surface area contributed by atoms with Crippen LogP contribution in [0.15, 0.2) is 63.6 Å². The van der Waals surface area contributed by atoms with Crippen LogP contribution in [0.3, 0.4) is 0 Å². The van der Waals surface area contributed by atoms with Gasteiger partial charge in [-0.1, -0.05) is 0 Å². The Labute approximate surface area is 139 Å². The second kappa shape index (κ2) is 7.17. The second-order valence-corrected chi connectivity index (χ2v) is 5.66. The zero-order valence-corrected chi connectivity index (χ0v) is 13.3. The van der Waals surface area contributed by atoms with Crippen molar-refractivity contribution in [3.8, 4) is 11.3 Å². The normalized spacial score (nSPS) is 12.1. The molecule has 0 aliphatic heterocycles. The first-order valence-corrected chi connectivity index (χ1v) is 7.81. The van der Waals surface area contributed by atoms with E-state index in [1.807, 2.05) is 19.1 Å². The fraction of sp³-hybridized carbons (Fsp3) is 0.211. The Bertz CT molecular complexity index is 790. The summed E-state index contributed by atoms with van der Waals surface area (Å²) in [6, 6.07) is 13.0. The molecule has 3 aromatic rings. The Hall–Kier alpha value is -2.82. The molecule has 1 aromatic carbocycles. The number of carbonyl (C=O) groups excluding carboxylic acids is 1. The number of benzene rings is 1. The van der Waals surface area contributed by atoms with Crippen LogP contribution in [0.1, 0.15) is 29.7 Å². The van der Waals surface area contributed by atoms with Crippen molar-refractivity contribution >= 4 is 5.91 Å². The summed E-state index contributed by atoms with van der Waals surface area (Å²) in [5.41, 5.74) is 0.723. The highest BCUT2D eigenvalue weighted by Gasteiger charge is 2.15. The number of halogens is 1. The Morgan fingerprint density at radius 2 is 1.96 bits per heavy atom. The van der Waals surface area contributed by atoms with Gasteiger partial charge < -0.3 is 14.2 Å². The minimum absolute atomic E-state index is 0.0121. The lowest BCUT2D eigenvalue weighted by Crippen LogP contribution is -2.32. The van der Waals surface area contributed by atoms with Crippen LogP contribution < -0.4 is 5.32 Å². The molecule has 0 saturated carbocycles. The highest BCUT2D eigenvalue weighted by molar-refractivity contribution is 5.92. The second-order valence-electron chi connectivity index (χ2n) is 5.66. The van der Waals surface area contributed by atoms with E-state index in [0.717, 1.165) is 24.2 Å². The van der Waals surface area contributed by atoms with E-state index in [4.69, 9.17) is 8.83 Å². The number of aryl methyl sites for hydroxylation is 1. The molecule has 1 amide bonds. The summed E-state index contributed by atoms with van der Waals surface area (Å²) in [7, 11) is 0. The number of rotatable bonds is 6. The zero-order chi connectivity index (χ0) is 16.9. The molecule has 24 heavy (non-hydrogen) atoms. The summed E-state index contributed by atoms with van der Waals surface area (Å²) in [6.07, 6.45) is 3.16. The number of furan rings is 2. The lowest BCUT2D eigenvalue weighted by molar-refractivity contribution is 0.0911. The molecule has 4 nitrogen and oxygen atoms in total. The van der Waals surface area contributed by atoms with Crippen molar-refractivity contribution in [2.75, 3.05) is 0 Å². The van der Waals surface area contributed by atoms with Gasteiger partial charge in [-0.25, -0.2) is 4.39 Å². The number of amides is 1. The van der Waals surface area contributed by atoms with Gasteiger partial charge in [0, 0.05) is 18.0 Å². The van der Waals surface area contributed by atoms with Gasteiger partial charge >= 0.3 is 0 Å². The van der Waals surface area contributed by atoms with Crippen molar-refractivity contribution in [3.63, 3.8) is 0 Å². The molecule has 0 spiro atoms. The van der Waals surface area contributed by atoms with E-state index in [2.05, 4.69) is 5.32 Å². The highest BCUT2D eigenvalue weighted by Crippen LogP contribution is 2.22. The van der Waals surface area contributed by atoms with Gasteiger partial charge in [0.15, 0.2) is 5.76 Å². The maximum absolute atomic E-state index is 13.0. The summed E-state index contributed by atoms with van der Waals surface area (Å²) in [5.74, 6) is 1.08. The van der Waals surface area contributed by atoms with E-state index in [1.54, 1.807) is 30.5 Å². The number of hydrogen-bond acceptors (Lipinski definition) is 3. The predicted octanol–water partition coefficient (Wildman–Crippen LogP) is 4.43. The quantitative estimate of drug-likeness (QED) is 0.728. The first kappa shape index (κ1) is 16.1. The molecular weight excluding hydrogens is 309 g/mol. The van der Waals surface area contributed by atoms with Gasteiger partial charge in [-0.15, -0.1) is 0 Å². The molecule has 0 aliphatic rings. The van der Waals surface area contributed by atoms with E-state index in [1.165, 1.54) is 12.1 Å². The molecule has 0 aliphatic carbocycles. The van der Waals surface area contributed by atoms with E-state index < -0.39 is 0 Å². The molecule has 3 rings (SSSR count). The van der Waals surface area contributed by atoms with E-state index in [9.17, 15) is 9.18 Å². The summed E-state index contributed by atoms with van der Waals surface area (Å²) in [4.78, 5) is 12.2. The maximum Gasteiger partial charge on any atom is 0.287 e. The molecule has 0 radical (unpaired) electrons.